The maximum absolute atomic E-state index is 2.40. The van der Waals surface area contributed by atoms with Crippen LogP contribution in [0, 0.1) is 0 Å². The minimum Gasteiger partial charge on any atom is -0.310 e. The number of fused-ring (bicyclic) bond motifs is 1. The molecule has 0 atom stereocenters. The first kappa shape index (κ1) is 43.8. The van der Waals surface area contributed by atoms with E-state index >= 15 is 0 Å². The van der Waals surface area contributed by atoms with Gasteiger partial charge >= 0.3 is 0 Å². The van der Waals surface area contributed by atoms with Crippen LogP contribution in [-0.4, -0.2) is 0 Å². The van der Waals surface area contributed by atoms with Crippen molar-refractivity contribution in [3.8, 4) is 66.8 Å². The molecule has 12 aromatic carbocycles. The Hall–Kier alpha value is -9.50. The molecular weight excluding hydrogens is 869 g/mol. The normalized spacial score (nSPS) is 11.1. The molecule has 0 radical (unpaired) electrons. The molecule has 0 amide bonds. The second kappa shape index (κ2) is 19.8. The Kier molecular flexibility index (Phi) is 12.1. The molecular formula is C70H50N2. The number of hydrogen-bond donors (Lipinski definition) is 0. The standard InChI is InChI=1S/C70H50N2/c1-5-16-51(17-6-1)56-30-38-65(39-31-56)71(66-40-32-57(33-41-66)52-18-7-2-8-19-52)69-48-64(63-29-28-55-24-13-14-25-60(55)47-63)49-70(50-69)72(67-42-34-58(35-43-67)53-20-9-3-10-21-53)68-44-36-59(37-45-68)62-27-15-26-61(46-62)54-22-11-4-12-23-54/h1-50H. The molecule has 0 heterocycles. The molecule has 72 heavy (non-hydrogen) atoms. The maximum atomic E-state index is 2.40. The van der Waals surface area contributed by atoms with Crippen molar-refractivity contribution < 1.29 is 0 Å². The van der Waals surface area contributed by atoms with Crippen LogP contribution in [0.2, 0.25) is 0 Å². The third-order valence-corrected chi connectivity index (χ3v) is 13.6. The smallest absolute Gasteiger partial charge is 0.0488 e. The van der Waals surface area contributed by atoms with Gasteiger partial charge in [-0.25, -0.2) is 0 Å². The van der Waals surface area contributed by atoms with E-state index in [4.69, 9.17) is 0 Å². The highest BCUT2D eigenvalue weighted by atomic mass is 15.2. The van der Waals surface area contributed by atoms with Crippen LogP contribution in [0.5, 0.6) is 0 Å². The third-order valence-electron chi connectivity index (χ3n) is 13.6. The van der Waals surface area contributed by atoms with Gasteiger partial charge in [0.15, 0.2) is 0 Å². The zero-order chi connectivity index (χ0) is 48.1. The second-order valence-corrected chi connectivity index (χ2v) is 18.2. The van der Waals surface area contributed by atoms with Gasteiger partial charge in [-0.2, -0.15) is 0 Å². The minimum absolute atomic E-state index is 1.04. The summed E-state index contributed by atoms with van der Waals surface area (Å²) in [5.74, 6) is 0. The molecule has 0 spiro atoms. The summed E-state index contributed by atoms with van der Waals surface area (Å²) in [4.78, 5) is 4.80. The van der Waals surface area contributed by atoms with Crippen molar-refractivity contribution in [2.45, 2.75) is 0 Å². The molecule has 340 valence electrons. The van der Waals surface area contributed by atoms with Gasteiger partial charge in [-0.1, -0.05) is 224 Å². The number of hydrogen-bond acceptors (Lipinski definition) is 2. The van der Waals surface area contributed by atoms with Crippen LogP contribution in [0.1, 0.15) is 0 Å². The maximum Gasteiger partial charge on any atom is 0.0488 e. The predicted octanol–water partition coefficient (Wildman–Crippen LogP) is 19.8. The Balaban J connectivity index is 1.04. The van der Waals surface area contributed by atoms with Crippen molar-refractivity contribution in [2.75, 3.05) is 9.80 Å². The molecule has 0 N–H and O–H groups in total. The zero-order valence-electron chi connectivity index (χ0n) is 39.8. The molecule has 12 aromatic rings. The van der Waals surface area contributed by atoms with Gasteiger partial charge in [0, 0.05) is 34.1 Å². The van der Waals surface area contributed by atoms with E-state index in [1.807, 2.05) is 0 Å². The minimum atomic E-state index is 1.04. The first-order valence-electron chi connectivity index (χ1n) is 24.6. The van der Waals surface area contributed by atoms with Crippen molar-refractivity contribution in [3.05, 3.63) is 303 Å². The lowest BCUT2D eigenvalue weighted by atomic mass is 9.98. The summed E-state index contributed by atoms with van der Waals surface area (Å²) in [6.45, 7) is 0. The fourth-order valence-corrected chi connectivity index (χ4v) is 9.90. The summed E-state index contributed by atoms with van der Waals surface area (Å²) < 4.78 is 0. The van der Waals surface area contributed by atoms with E-state index in [1.54, 1.807) is 0 Å². The van der Waals surface area contributed by atoms with E-state index in [1.165, 1.54) is 60.8 Å². The summed E-state index contributed by atoms with van der Waals surface area (Å²) in [6.07, 6.45) is 0. The van der Waals surface area contributed by atoms with E-state index in [0.29, 0.717) is 0 Å². The van der Waals surface area contributed by atoms with Crippen LogP contribution in [0.15, 0.2) is 303 Å². The fourth-order valence-electron chi connectivity index (χ4n) is 9.90. The topological polar surface area (TPSA) is 6.48 Å². The molecule has 2 nitrogen and oxygen atoms in total. The average molecular weight is 919 g/mol. The Labute approximate surface area is 422 Å². The number of anilines is 6. The first-order valence-corrected chi connectivity index (χ1v) is 24.6. The molecule has 0 aliphatic heterocycles. The van der Waals surface area contributed by atoms with Crippen molar-refractivity contribution in [2.24, 2.45) is 0 Å². The highest BCUT2D eigenvalue weighted by molar-refractivity contribution is 5.92. The van der Waals surface area contributed by atoms with Gasteiger partial charge in [0.25, 0.3) is 0 Å². The van der Waals surface area contributed by atoms with E-state index in [2.05, 4.69) is 313 Å². The molecule has 0 aliphatic carbocycles. The summed E-state index contributed by atoms with van der Waals surface area (Å²) in [6, 6.07) is 110. The molecule has 12 rings (SSSR count). The molecule has 0 aliphatic rings. The lowest BCUT2D eigenvalue weighted by molar-refractivity contribution is 1.25. The van der Waals surface area contributed by atoms with Crippen LogP contribution < -0.4 is 9.80 Å². The number of nitrogens with zero attached hydrogens (tertiary/aromatic N) is 2. The van der Waals surface area contributed by atoms with Gasteiger partial charge in [-0.3, -0.25) is 0 Å². The van der Waals surface area contributed by atoms with E-state index in [-0.39, 0.29) is 0 Å². The van der Waals surface area contributed by atoms with Crippen molar-refractivity contribution in [1.29, 1.82) is 0 Å². The molecule has 0 unspecified atom stereocenters. The van der Waals surface area contributed by atoms with Gasteiger partial charge in [-0.15, -0.1) is 0 Å². The fraction of sp³-hybridized carbons (Fsp3) is 0. The highest BCUT2D eigenvalue weighted by Crippen LogP contribution is 2.45. The van der Waals surface area contributed by atoms with E-state index < -0.39 is 0 Å². The van der Waals surface area contributed by atoms with Crippen LogP contribution >= 0.6 is 0 Å². The third kappa shape index (κ3) is 9.21. The number of rotatable bonds is 12. The van der Waals surface area contributed by atoms with Crippen LogP contribution in [-0.2, 0) is 0 Å². The molecule has 2 heteroatoms. The van der Waals surface area contributed by atoms with Gasteiger partial charge in [0.2, 0.25) is 0 Å². The average Bonchev–Trinajstić information content (AvgIpc) is 3.47. The predicted molar refractivity (Wildman–Crippen MR) is 306 cm³/mol. The SMILES string of the molecule is c1ccc(-c2ccc(N(c3ccc(-c4ccccc4)cc3)c3cc(-c4ccc5ccccc5c4)cc(N(c4ccc(-c5ccccc5)cc4)c4ccc(-c5cccc(-c6ccccc6)c5)cc4)c3)cc2)cc1. The van der Waals surface area contributed by atoms with Crippen molar-refractivity contribution in [3.63, 3.8) is 0 Å². The molecule has 0 fully saturated rings. The van der Waals surface area contributed by atoms with Crippen molar-refractivity contribution >= 4 is 44.9 Å². The summed E-state index contributed by atoms with van der Waals surface area (Å²) in [5.41, 5.74) is 20.4. The summed E-state index contributed by atoms with van der Waals surface area (Å²) in [5, 5.41) is 2.41. The van der Waals surface area contributed by atoms with E-state index in [0.717, 1.165) is 50.8 Å². The second-order valence-electron chi connectivity index (χ2n) is 18.2. The van der Waals surface area contributed by atoms with E-state index in [9.17, 15) is 0 Å². The van der Waals surface area contributed by atoms with Gasteiger partial charge in [0.05, 0.1) is 0 Å². The molecule has 0 bridgehead atoms. The Morgan fingerprint density at radius 3 is 0.806 bits per heavy atom. The molecule has 0 saturated heterocycles. The number of benzene rings is 12. The lowest BCUT2D eigenvalue weighted by Gasteiger charge is -2.31. The highest BCUT2D eigenvalue weighted by Gasteiger charge is 2.21. The Morgan fingerprint density at radius 2 is 0.417 bits per heavy atom. The van der Waals surface area contributed by atoms with Crippen LogP contribution in [0.3, 0.4) is 0 Å². The summed E-state index contributed by atoms with van der Waals surface area (Å²) in [7, 11) is 0. The van der Waals surface area contributed by atoms with Gasteiger partial charge in [-0.05, 0) is 156 Å². The van der Waals surface area contributed by atoms with Crippen LogP contribution in [0.25, 0.3) is 77.5 Å². The quantitative estimate of drug-likeness (QED) is 0.120. The van der Waals surface area contributed by atoms with Crippen LogP contribution in [0.4, 0.5) is 34.1 Å². The molecule has 0 aromatic heterocycles. The first-order chi connectivity index (χ1) is 35.7. The molecule has 0 saturated carbocycles. The Bertz CT molecular complexity index is 3660. The monoisotopic (exact) mass is 918 g/mol. The van der Waals surface area contributed by atoms with Crippen molar-refractivity contribution in [1.82, 2.24) is 0 Å². The Morgan fingerprint density at radius 1 is 0.139 bits per heavy atom. The van der Waals surface area contributed by atoms with Gasteiger partial charge < -0.3 is 9.80 Å². The lowest BCUT2D eigenvalue weighted by Crippen LogP contribution is -2.13. The van der Waals surface area contributed by atoms with Gasteiger partial charge in [0.1, 0.15) is 0 Å². The zero-order valence-corrected chi connectivity index (χ0v) is 39.8. The summed E-state index contributed by atoms with van der Waals surface area (Å²) >= 11 is 0. The largest absolute Gasteiger partial charge is 0.310 e.